The van der Waals surface area contributed by atoms with Gasteiger partial charge in [0.05, 0.1) is 18.2 Å². The van der Waals surface area contributed by atoms with E-state index < -0.39 is 4.92 Å². The van der Waals surface area contributed by atoms with Crippen LogP contribution < -0.4 is 14.9 Å². The Kier molecular flexibility index (Phi) is 6.05. The molecule has 0 aromatic heterocycles. The van der Waals surface area contributed by atoms with E-state index in [0.29, 0.717) is 17.1 Å². The Bertz CT molecular complexity index is 787. The second-order valence-electron chi connectivity index (χ2n) is 5.05. The molecule has 0 spiro atoms. The van der Waals surface area contributed by atoms with Crippen molar-refractivity contribution in [1.82, 2.24) is 5.43 Å². The molecule has 0 radical (unpaired) electrons. The lowest BCUT2D eigenvalue weighted by atomic mass is 10.2. The molecule has 0 unspecified atom stereocenters. The van der Waals surface area contributed by atoms with Gasteiger partial charge in [-0.15, -0.1) is 0 Å². The van der Waals surface area contributed by atoms with Crippen LogP contribution in [0.3, 0.4) is 0 Å². The number of nitro groups is 1. The molecule has 0 saturated carbocycles. The summed E-state index contributed by atoms with van der Waals surface area (Å²) in [5, 5.41) is 14.5. The summed E-state index contributed by atoms with van der Waals surface area (Å²) in [6.07, 6.45) is 1.49. The second-order valence-corrected chi connectivity index (χ2v) is 5.05. The Morgan fingerprint density at radius 3 is 2.56 bits per heavy atom. The Morgan fingerprint density at radius 1 is 1.24 bits per heavy atom. The van der Waals surface area contributed by atoms with Crippen LogP contribution in [-0.2, 0) is 11.4 Å². The SMILES string of the molecule is COc1ccc(/C=N\NC(C)=O)cc1OCc1ccc([N+](=O)[O-])cc1. The van der Waals surface area contributed by atoms with Gasteiger partial charge in [0.15, 0.2) is 11.5 Å². The summed E-state index contributed by atoms with van der Waals surface area (Å²) < 4.78 is 11.0. The number of ether oxygens (including phenoxy) is 2. The minimum Gasteiger partial charge on any atom is -0.493 e. The van der Waals surface area contributed by atoms with Gasteiger partial charge in [0.1, 0.15) is 6.61 Å². The first-order chi connectivity index (χ1) is 12.0. The molecule has 0 aliphatic carbocycles. The Balaban J connectivity index is 2.09. The van der Waals surface area contributed by atoms with Crippen molar-refractivity contribution in [3.63, 3.8) is 0 Å². The standard InChI is InChI=1S/C17H17N3O5/c1-12(21)19-18-10-14-5-8-16(24-2)17(9-14)25-11-13-3-6-15(7-4-13)20(22)23/h3-10H,11H2,1-2H3,(H,19,21)/b18-10-. The highest BCUT2D eigenvalue weighted by molar-refractivity contribution is 5.82. The Hall–Kier alpha value is -3.42. The highest BCUT2D eigenvalue weighted by Crippen LogP contribution is 2.28. The van der Waals surface area contributed by atoms with Crippen molar-refractivity contribution in [2.24, 2.45) is 5.10 Å². The molecule has 25 heavy (non-hydrogen) atoms. The van der Waals surface area contributed by atoms with E-state index in [4.69, 9.17) is 9.47 Å². The predicted molar refractivity (Wildman–Crippen MR) is 91.8 cm³/mol. The molecule has 1 amide bonds. The van der Waals surface area contributed by atoms with Crippen LogP contribution in [-0.4, -0.2) is 24.2 Å². The summed E-state index contributed by atoms with van der Waals surface area (Å²) in [6, 6.07) is 11.3. The number of methoxy groups -OCH3 is 1. The van der Waals surface area contributed by atoms with Gasteiger partial charge in [0.25, 0.3) is 5.69 Å². The average molecular weight is 343 g/mol. The first-order valence-corrected chi connectivity index (χ1v) is 7.33. The molecular formula is C17H17N3O5. The summed E-state index contributed by atoms with van der Waals surface area (Å²) in [5.41, 5.74) is 3.84. The first-order valence-electron chi connectivity index (χ1n) is 7.33. The fourth-order valence-corrected chi connectivity index (χ4v) is 1.96. The lowest BCUT2D eigenvalue weighted by Gasteiger charge is -2.11. The first kappa shape index (κ1) is 17.9. The van der Waals surface area contributed by atoms with Crippen molar-refractivity contribution >= 4 is 17.8 Å². The fourth-order valence-electron chi connectivity index (χ4n) is 1.96. The molecular weight excluding hydrogens is 326 g/mol. The van der Waals surface area contributed by atoms with Gasteiger partial charge in [-0.2, -0.15) is 5.10 Å². The van der Waals surface area contributed by atoms with Crippen molar-refractivity contribution in [1.29, 1.82) is 0 Å². The van der Waals surface area contributed by atoms with E-state index in [0.717, 1.165) is 5.56 Å². The van der Waals surface area contributed by atoms with Gasteiger partial charge in [0.2, 0.25) is 5.91 Å². The van der Waals surface area contributed by atoms with Gasteiger partial charge >= 0.3 is 0 Å². The van der Waals surface area contributed by atoms with Gasteiger partial charge in [-0.25, -0.2) is 5.43 Å². The van der Waals surface area contributed by atoms with Crippen LogP contribution in [0.15, 0.2) is 47.6 Å². The topological polar surface area (TPSA) is 103 Å². The van der Waals surface area contributed by atoms with Crippen LogP contribution in [0.2, 0.25) is 0 Å². The largest absolute Gasteiger partial charge is 0.493 e. The zero-order valence-electron chi connectivity index (χ0n) is 13.8. The number of hydrogen-bond acceptors (Lipinski definition) is 6. The number of benzene rings is 2. The smallest absolute Gasteiger partial charge is 0.269 e. The Morgan fingerprint density at radius 2 is 1.96 bits per heavy atom. The Labute approximate surface area is 144 Å². The van der Waals surface area contributed by atoms with E-state index in [9.17, 15) is 14.9 Å². The van der Waals surface area contributed by atoms with Crippen molar-refractivity contribution in [2.45, 2.75) is 13.5 Å². The molecule has 0 atom stereocenters. The normalized spacial score (nSPS) is 10.5. The molecule has 0 aliphatic rings. The van der Waals surface area contributed by atoms with Gasteiger partial charge in [-0.3, -0.25) is 14.9 Å². The highest BCUT2D eigenvalue weighted by atomic mass is 16.6. The minimum atomic E-state index is -0.453. The lowest BCUT2D eigenvalue weighted by molar-refractivity contribution is -0.384. The molecule has 0 heterocycles. The zero-order chi connectivity index (χ0) is 18.2. The number of nitrogens with zero attached hydrogens (tertiary/aromatic N) is 2. The van der Waals surface area contributed by atoms with Gasteiger partial charge < -0.3 is 9.47 Å². The fraction of sp³-hybridized carbons (Fsp3) is 0.176. The molecule has 0 aliphatic heterocycles. The maximum atomic E-state index is 10.8. The zero-order valence-corrected chi connectivity index (χ0v) is 13.8. The van der Waals surface area contributed by atoms with E-state index in [-0.39, 0.29) is 18.2 Å². The van der Waals surface area contributed by atoms with Gasteiger partial charge in [-0.05, 0) is 41.5 Å². The number of carbonyl (C=O) groups is 1. The summed E-state index contributed by atoms with van der Waals surface area (Å²) in [5.74, 6) is 0.769. The number of carbonyl (C=O) groups excluding carboxylic acids is 1. The number of amides is 1. The number of nitrogens with one attached hydrogen (secondary N) is 1. The van der Waals surface area contributed by atoms with E-state index in [2.05, 4.69) is 10.5 Å². The van der Waals surface area contributed by atoms with E-state index >= 15 is 0 Å². The van der Waals surface area contributed by atoms with Crippen LogP contribution in [0.25, 0.3) is 0 Å². The lowest BCUT2D eigenvalue weighted by Crippen LogP contribution is -2.12. The quantitative estimate of drug-likeness (QED) is 0.473. The number of rotatable bonds is 7. The number of hydrazone groups is 1. The minimum absolute atomic E-state index is 0.0255. The van der Waals surface area contributed by atoms with Crippen molar-refractivity contribution in [3.05, 3.63) is 63.7 Å². The van der Waals surface area contributed by atoms with Gasteiger partial charge in [-0.1, -0.05) is 0 Å². The van der Waals surface area contributed by atoms with Crippen molar-refractivity contribution in [3.8, 4) is 11.5 Å². The van der Waals surface area contributed by atoms with Crippen LogP contribution in [0.1, 0.15) is 18.1 Å². The molecule has 8 heteroatoms. The van der Waals surface area contributed by atoms with Crippen molar-refractivity contribution in [2.75, 3.05) is 7.11 Å². The predicted octanol–water partition coefficient (Wildman–Crippen LogP) is 2.65. The molecule has 0 fully saturated rings. The number of non-ortho nitro benzene ring substituents is 1. The molecule has 0 bridgehead atoms. The second kappa shape index (κ2) is 8.44. The molecule has 0 saturated heterocycles. The number of nitro benzene ring substituents is 1. The number of hydrogen-bond donors (Lipinski definition) is 1. The molecule has 2 aromatic carbocycles. The van der Waals surface area contributed by atoms with E-state index in [1.54, 1.807) is 30.3 Å². The summed E-state index contributed by atoms with van der Waals surface area (Å²) in [7, 11) is 1.53. The van der Waals surface area contributed by atoms with E-state index in [1.807, 2.05) is 0 Å². The third kappa shape index (κ3) is 5.31. The summed E-state index contributed by atoms with van der Waals surface area (Å²) >= 11 is 0. The monoisotopic (exact) mass is 343 g/mol. The average Bonchev–Trinajstić information content (AvgIpc) is 2.60. The summed E-state index contributed by atoms with van der Waals surface area (Å²) in [6.45, 7) is 1.59. The highest BCUT2D eigenvalue weighted by Gasteiger charge is 2.08. The molecule has 130 valence electrons. The third-order valence-electron chi connectivity index (χ3n) is 3.16. The van der Waals surface area contributed by atoms with E-state index in [1.165, 1.54) is 32.4 Å². The third-order valence-corrected chi connectivity index (χ3v) is 3.16. The summed E-state index contributed by atoms with van der Waals surface area (Å²) in [4.78, 5) is 21.0. The van der Waals surface area contributed by atoms with Crippen LogP contribution in [0.4, 0.5) is 5.69 Å². The molecule has 2 aromatic rings. The maximum Gasteiger partial charge on any atom is 0.269 e. The van der Waals surface area contributed by atoms with Crippen LogP contribution in [0, 0.1) is 10.1 Å². The molecule has 8 nitrogen and oxygen atoms in total. The van der Waals surface area contributed by atoms with Crippen LogP contribution in [0.5, 0.6) is 11.5 Å². The maximum absolute atomic E-state index is 10.8. The van der Waals surface area contributed by atoms with Crippen LogP contribution >= 0.6 is 0 Å². The van der Waals surface area contributed by atoms with Crippen molar-refractivity contribution < 1.29 is 19.2 Å². The van der Waals surface area contributed by atoms with Gasteiger partial charge in [0, 0.05) is 19.1 Å². The molecule has 2 rings (SSSR count). The molecule has 1 N–H and O–H groups in total.